The van der Waals surface area contributed by atoms with E-state index in [1.165, 1.54) is 6.07 Å². The summed E-state index contributed by atoms with van der Waals surface area (Å²) in [5.74, 6) is -1.01. The summed E-state index contributed by atoms with van der Waals surface area (Å²) < 4.78 is 0. The van der Waals surface area contributed by atoms with Gasteiger partial charge in [-0.05, 0) is 36.9 Å². The zero-order valence-electron chi connectivity index (χ0n) is 11.4. The van der Waals surface area contributed by atoms with Gasteiger partial charge in [0, 0.05) is 5.56 Å². The van der Waals surface area contributed by atoms with Crippen molar-refractivity contribution in [3.8, 4) is 11.1 Å². The van der Waals surface area contributed by atoms with Gasteiger partial charge in [0.2, 0.25) is 0 Å². The zero-order chi connectivity index (χ0) is 14.7. The van der Waals surface area contributed by atoms with Gasteiger partial charge in [-0.25, -0.2) is 4.79 Å². The van der Waals surface area contributed by atoms with E-state index in [4.69, 9.17) is 5.11 Å². The van der Waals surface area contributed by atoms with Crippen LogP contribution in [0.1, 0.15) is 27.6 Å². The average Bonchev–Trinajstić information content (AvgIpc) is 2.74. The summed E-state index contributed by atoms with van der Waals surface area (Å²) in [5.41, 5.74) is 3.18. The Morgan fingerprint density at radius 1 is 1.05 bits per heavy atom. The van der Waals surface area contributed by atoms with Gasteiger partial charge >= 0.3 is 5.97 Å². The number of carbonyl (C=O) groups is 1. The molecule has 2 aromatic rings. The van der Waals surface area contributed by atoms with Crippen molar-refractivity contribution in [1.82, 2.24) is 5.32 Å². The van der Waals surface area contributed by atoms with Crippen LogP contribution in [0.25, 0.3) is 11.1 Å². The summed E-state index contributed by atoms with van der Waals surface area (Å²) in [5, 5.41) is 22.1. The van der Waals surface area contributed by atoms with E-state index in [0.29, 0.717) is 5.56 Å². The molecule has 0 bridgehead atoms. The number of carboxylic acids is 1. The number of hydrogen-bond donors (Lipinski definition) is 3. The van der Waals surface area contributed by atoms with Gasteiger partial charge in [0.25, 0.3) is 0 Å². The van der Waals surface area contributed by atoms with Crippen LogP contribution >= 0.6 is 0 Å². The van der Waals surface area contributed by atoms with Gasteiger partial charge in [-0.1, -0.05) is 36.4 Å². The number of carboxylic acid groups (broad SMARTS) is 1. The Bertz CT molecular complexity index is 637. The minimum absolute atomic E-state index is 0.172. The van der Waals surface area contributed by atoms with Gasteiger partial charge in [-0.15, -0.1) is 0 Å². The lowest BCUT2D eigenvalue weighted by Crippen LogP contribution is -2.05. The first-order valence-corrected chi connectivity index (χ1v) is 6.33. The summed E-state index contributed by atoms with van der Waals surface area (Å²) in [6, 6.07) is 12.5. The topological polar surface area (TPSA) is 69.6 Å². The Hall–Kier alpha value is -2.17. The molecule has 3 N–H and O–H groups in total. The second-order valence-corrected chi connectivity index (χ2v) is 4.56. The van der Waals surface area contributed by atoms with Crippen LogP contribution in [0.3, 0.4) is 0 Å². The van der Waals surface area contributed by atoms with E-state index in [9.17, 15) is 9.90 Å². The molecule has 4 heteroatoms. The molecule has 0 radical (unpaired) electrons. The quantitative estimate of drug-likeness (QED) is 0.744. The van der Waals surface area contributed by atoms with E-state index in [1.807, 2.05) is 44.4 Å². The molecule has 1 unspecified atom stereocenters. The lowest BCUT2D eigenvalue weighted by atomic mass is 10.0. The Balaban J connectivity index is 0.000000452. The number of aliphatic hydroxyl groups excluding tert-OH is 1. The Kier molecular flexibility index (Phi) is 4.17. The Morgan fingerprint density at radius 3 is 2.30 bits per heavy atom. The van der Waals surface area contributed by atoms with Gasteiger partial charge in [0.05, 0.1) is 5.56 Å². The highest BCUT2D eigenvalue weighted by atomic mass is 16.4. The lowest BCUT2D eigenvalue weighted by molar-refractivity contribution is 0.0692. The molecule has 3 rings (SSSR count). The summed E-state index contributed by atoms with van der Waals surface area (Å²) in [6.07, 6.45) is -0.839. The van der Waals surface area contributed by atoms with Gasteiger partial charge in [-0.2, -0.15) is 0 Å². The molecule has 0 saturated heterocycles. The highest BCUT2D eigenvalue weighted by Gasteiger charge is 2.30. The van der Waals surface area contributed by atoms with Crippen molar-refractivity contribution in [2.75, 3.05) is 14.1 Å². The van der Waals surface area contributed by atoms with E-state index >= 15 is 0 Å². The van der Waals surface area contributed by atoms with E-state index in [1.54, 1.807) is 6.07 Å². The first-order valence-electron chi connectivity index (χ1n) is 6.33. The number of aromatic carboxylic acids is 1. The first-order chi connectivity index (χ1) is 9.61. The van der Waals surface area contributed by atoms with Crippen molar-refractivity contribution >= 4 is 5.97 Å². The average molecular weight is 271 g/mol. The summed E-state index contributed by atoms with van der Waals surface area (Å²) >= 11 is 0. The predicted octanol–water partition coefficient (Wildman–Crippen LogP) is 2.28. The number of hydrogen-bond acceptors (Lipinski definition) is 3. The van der Waals surface area contributed by atoms with Crippen molar-refractivity contribution in [2.24, 2.45) is 0 Å². The Labute approximate surface area is 117 Å². The van der Waals surface area contributed by atoms with Gasteiger partial charge < -0.3 is 15.5 Å². The normalized spacial score (nSPS) is 14.8. The van der Waals surface area contributed by atoms with Gasteiger partial charge in [-0.3, -0.25) is 0 Å². The largest absolute Gasteiger partial charge is 0.478 e. The molecular formula is C16H17NO3. The maximum absolute atomic E-state index is 11.1. The molecule has 0 fully saturated rings. The fourth-order valence-electron chi connectivity index (χ4n) is 2.42. The van der Waals surface area contributed by atoms with Crippen LogP contribution < -0.4 is 5.32 Å². The van der Waals surface area contributed by atoms with Gasteiger partial charge in [0.1, 0.15) is 6.10 Å². The van der Waals surface area contributed by atoms with Crippen LogP contribution in [0.15, 0.2) is 42.5 Å². The molecule has 0 amide bonds. The molecule has 20 heavy (non-hydrogen) atoms. The monoisotopic (exact) mass is 271 g/mol. The van der Waals surface area contributed by atoms with Crippen molar-refractivity contribution < 1.29 is 15.0 Å². The molecule has 4 nitrogen and oxygen atoms in total. The molecule has 1 atom stereocenters. The summed E-state index contributed by atoms with van der Waals surface area (Å²) in [7, 11) is 3.75. The standard InChI is InChI=1S/C14H10O3.C2H7N/c15-13-10-5-2-1-4-8(10)9-6-3-7-11(12(9)13)14(16)17;1-3-2/h1-7,13,15H,(H,16,17);3H,1-2H3. The van der Waals surface area contributed by atoms with E-state index in [2.05, 4.69) is 5.32 Å². The molecule has 0 spiro atoms. The summed E-state index contributed by atoms with van der Waals surface area (Å²) in [4.78, 5) is 11.1. The number of aliphatic hydroxyl groups is 1. The minimum Gasteiger partial charge on any atom is -0.478 e. The second-order valence-electron chi connectivity index (χ2n) is 4.56. The lowest BCUT2D eigenvalue weighted by Gasteiger charge is -2.08. The predicted molar refractivity (Wildman–Crippen MR) is 77.9 cm³/mol. The highest BCUT2D eigenvalue weighted by Crippen LogP contribution is 2.44. The third-order valence-electron chi connectivity index (χ3n) is 3.16. The molecule has 0 aliphatic heterocycles. The molecule has 0 saturated carbocycles. The van der Waals surface area contributed by atoms with Crippen LogP contribution in [0.5, 0.6) is 0 Å². The third kappa shape index (κ3) is 2.31. The second kappa shape index (κ2) is 5.86. The van der Waals surface area contributed by atoms with Crippen molar-refractivity contribution in [3.05, 3.63) is 59.2 Å². The number of rotatable bonds is 1. The molecule has 0 heterocycles. The maximum atomic E-state index is 11.1. The van der Waals surface area contributed by atoms with Crippen LogP contribution in [0.4, 0.5) is 0 Å². The Morgan fingerprint density at radius 2 is 1.65 bits per heavy atom. The van der Waals surface area contributed by atoms with Crippen LogP contribution in [-0.2, 0) is 0 Å². The molecule has 2 aromatic carbocycles. The van der Waals surface area contributed by atoms with E-state index in [0.717, 1.165) is 16.7 Å². The smallest absolute Gasteiger partial charge is 0.336 e. The zero-order valence-corrected chi connectivity index (χ0v) is 11.4. The number of fused-ring (bicyclic) bond motifs is 3. The molecule has 104 valence electrons. The van der Waals surface area contributed by atoms with Crippen molar-refractivity contribution in [1.29, 1.82) is 0 Å². The molecule has 1 aliphatic rings. The SMILES string of the molecule is CNC.O=C(O)c1cccc2c1C(O)c1ccccc1-2. The maximum Gasteiger partial charge on any atom is 0.336 e. The van der Waals surface area contributed by atoms with Crippen molar-refractivity contribution in [3.63, 3.8) is 0 Å². The molecule has 0 aromatic heterocycles. The van der Waals surface area contributed by atoms with Crippen molar-refractivity contribution in [2.45, 2.75) is 6.10 Å². The number of nitrogens with one attached hydrogen (secondary N) is 1. The number of benzene rings is 2. The summed E-state index contributed by atoms with van der Waals surface area (Å²) in [6.45, 7) is 0. The highest BCUT2D eigenvalue weighted by molar-refractivity contribution is 5.94. The third-order valence-corrected chi connectivity index (χ3v) is 3.16. The fourth-order valence-corrected chi connectivity index (χ4v) is 2.42. The molecule has 1 aliphatic carbocycles. The van der Waals surface area contributed by atoms with E-state index < -0.39 is 12.1 Å². The first kappa shape index (κ1) is 14.2. The van der Waals surface area contributed by atoms with Gasteiger partial charge in [0.15, 0.2) is 0 Å². The van der Waals surface area contributed by atoms with Crippen LogP contribution in [-0.4, -0.2) is 30.3 Å². The minimum atomic E-state index is -1.01. The fraction of sp³-hybridized carbons (Fsp3) is 0.188. The van der Waals surface area contributed by atoms with E-state index in [-0.39, 0.29) is 5.56 Å². The molecular weight excluding hydrogens is 254 g/mol. The van der Waals surface area contributed by atoms with Crippen LogP contribution in [0, 0.1) is 0 Å². The van der Waals surface area contributed by atoms with Crippen LogP contribution in [0.2, 0.25) is 0 Å².